The molecular weight excluding hydrogens is 226 g/mol. The molecule has 0 radical (unpaired) electrons. The van der Waals surface area contributed by atoms with E-state index in [2.05, 4.69) is 63.1 Å². The molecule has 0 heterocycles. The zero-order chi connectivity index (χ0) is 12.7. The third kappa shape index (κ3) is 4.72. The molecule has 1 unspecified atom stereocenters. The number of unbranched alkanes of at least 4 members (excludes halogenated alkanes) is 1. The lowest BCUT2D eigenvalue weighted by molar-refractivity contribution is 0.657. The van der Waals surface area contributed by atoms with Gasteiger partial charge in [-0.05, 0) is 44.2 Å². The van der Waals surface area contributed by atoms with E-state index in [1.807, 2.05) is 0 Å². The van der Waals surface area contributed by atoms with Crippen molar-refractivity contribution < 1.29 is 0 Å². The summed E-state index contributed by atoms with van der Waals surface area (Å²) in [5.74, 6) is 2.44. The molecule has 0 fully saturated rings. The fourth-order valence-corrected chi connectivity index (χ4v) is 3.23. The Kier molecular flexibility index (Phi) is 6.68. The summed E-state index contributed by atoms with van der Waals surface area (Å²) in [6.45, 7) is 6.62. The van der Waals surface area contributed by atoms with Crippen LogP contribution in [-0.4, -0.2) is 18.6 Å². The van der Waals surface area contributed by atoms with Gasteiger partial charge >= 0.3 is 0 Å². The van der Waals surface area contributed by atoms with Gasteiger partial charge < -0.3 is 5.32 Å². The molecule has 0 saturated heterocycles. The van der Waals surface area contributed by atoms with Crippen molar-refractivity contribution in [2.75, 3.05) is 18.6 Å². The molecule has 2 heteroatoms. The smallest absolute Gasteiger partial charge is 0.0412 e. The molecule has 0 saturated carbocycles. The molecule has 0 aromatic heterocycles. The SMILES string of the molecule is CCCCSCC(NC)c1ccc(C)cc1C. The number of nitrogens with one attached hydrogen (secondary N) is 1. The van der Waals surface area contributed by atoms with E-state index < -0.39 is 0 Å². The molecule has 17 heavy (non-hydrogen) atoms. The van der Waals surface area contributed by atoms with Gasteiger partial charge in [0.1, 0.15) is 0 Å². The molecular formula is C15H25NS. The third-order valence-corrected chi connectivity index (χ3v) is 4.22. The van der Waals surface area contributed by atoms with Gasteiger partial charge in [-0.1, -0.05) is 37.1 Å². The first-order chi connectivity index (χ1) is 8.19. The van der Waals surface area contributed by atoms with Crippen LogP contribution in [0, 0.1) is 13.8 Å². The Hall–Kier alpha value is -0.470. The van der Waals surface area contributed by atoms with Crippen LogP contribution in [0.15, 0.2) is 18.2 Å². The number of hydrogen-bond donors (Lipinski definition) is 1. The molecule has 0 spiro atoms. The van der Waals surface area contributed by atoms with Crippen molar-refractivity contribution in [3.05, 3.63) is 34.9 Å². The Morgan fingerprint density at radius 2 is 2.06 bits per heavy atom. The fraction of sp³-hybridized carbons (Fsp3) is 0.600. The topological polar surface area (TPSA) is 12.0 Å². The summed E-state index contributed by atoms with van der Waals surface area (Å²) in [5.41, 5.74) is 4.20. The van der Waals surface area contributed by atoms with Crippen LogP contribution in [0.5, 0.6) is 0 Å². The van der Waals surface area contributed by atoms with Crippen molar-refractivity contribution in [3.63, 3.8) is 0 Å². The molecule has 0 amide bonds. The van der Waals surface area contributed by atoms with Gasteiger partial charge in [0, 0.05) is 11.8 Å². The monoisotopic (exact) mass is 251 g/mol. The van der Waals surface area contributed by atoms with E-state index in [0.29, 0.717) is 6.04 Å². The van der Waals surface area contributed by atoms with Gasteiger partial charge in [0.15, 0.2) is 0 Å². The van der Waals surface area contributed by atoms with Crippen LogP contribution in [0.2, 0.25) is 0 Å². The van der Waals surface area contributed by atoms with E-state index in [1.54, 1.807) is 0 Å². The predicted octanol–water partition coefficient (Wildman–Crippen LogP) is 4.10. The quantitative estimate of drug-likeness (QED) is 0.732. The number of hydrogen-bond acceptors (Lipinski definition) is 2. The molecule has 0 aliphatic heterocycles. The van der Waals surface area contributed by atoms with Crippen LogP contribution < -0.4 is 5.32 Å². The summed E-state index contributed by atoms with van der Waals surface area (Å²) < 4.78 is 0. The van der Waals surface area contributed by atoms with E-state index in [1.165, 1.54) is 41.0 Å². The van der Waals surface area contributed by atoms with Crippen LogP contribution in [0.3, 0.4) is 0 Å². The molecule has 1 aromatic rings. The molecule has 0 aliphatic carbocycles. The van der Waals surface area contributed by atoms with Gasteiger partial charge in [0.25, 0.3) is 0 Å². The summed E-state index contributed by atoms with van der Waals surface area (Å²) in [6.07, 6.45) is 2.62. The number of benzene rings is 1. The van der Waals surface area contributed by atoms with E-state index in [9.17, 15) is 0 Å². The predicted molar refractivity (Wildman–Crippen MR) is 79.9 cm³/mol. The molecule has 0 aliphatic rings. The highest BCUT2D eigenvalue weighted by molar-refractivity contribution is 7.99. The average molecular weight is 251 g/mol. The maximum Gasteiger partial charge on any atom is 0.0412 e. The van der Waals surface area contributed by atoms with Gasteiger partial charge in [-0.2, -0.15) is 11.8 Å². The zero-order valence-corrected chi connectivity index (χ0v) is 12.4. The summed E-state index contributed by atoms with van der Waals surface area (Å²) in [6, 6.07) is 7.24. The first-order valence-electron chi connectivity index (χ1n) is 6.51. The van der Waals surface area contributed by atoms with E-state index in [4.69, 9.17) is 0 Å². The molecule has 1 N–H and O–H groups in total. The number of rotatable bonds is 7. The standard InChI is InChI=1S/C15H25NS/c1-5-6-9-17-11-15(16-4)14-8-7-12(2)10-13(14)3/h7-8,10,15-16H,5-6,9,11H2,1-4H3. The molecule has 1 rings (SSSR count). The summed E-state index contributed by atoms with van der Waals surface area (Å²) in [7, 11) is 2.06. The van der Waals surface area contributed by atoms with Gasteiger partial charge in [-0.25, -0.2) is 0 Å². The lowest BCUT2D eigenvalue weighted by Crippen LogP contribution is -2.20. The van der Waals surface area contributed by atoms with Crippen LogP contribution in [0.1, 0.15) is 42.5 Å². The zero-order valence-electron chi connectivity index (χ0n) is 11.5. The maximum atomic E-state index is 3.43. The fourth-order valence-electron chi connectivity index (χ4n) is 1.99. The minimum atomic E-state index is 0.484. The minimum Gasteiger partial charge on any atom is -0.312 e. The van der Waals surface area contributed by atoms with Crippen LogP contribution in [-0.2, 0) is 0 Å². The van der Waals surface area contributed by atoms with E-state index in [0.717, 1.165) is 0 Å². The van der Waals surface area contributed by atoms with Crippen molar-refractivity contribution in [3.8, 4) is 0 Å². The second kappa shape index (κ2) is 7.78. The molecule has 1 nitrogen and oxygen atoms in total. The van der Waals surface area contributed by atoms with E-state index in [-0.39, 0.29) is 0 Å². The molecule has 96 valence electrons. The van der Waals surface area contributed by atoms with E-state index >= 15 is 0 Å². The molecule has 1 aromatic carbocycles. The largest absolute Gasteiger partial charge is 0.312 e. The van der Waals surface area contributed by atoms with Crippen molar-refractivity contribution >= 4 is 11.8 Å². The Bertz CT molecular complexity index is 336. The maximum absolute atomic E-state index is 3.43. The van der Waals surface area contributed by atoms with Gasteiger partial charge in [-0.15, -0.1) is 0 Å². The third-order valence-electron chi connectivity index (χ3n) is 3.08. The summed E-state index contributed by atoms with van der Waals surface area (Å²) in [5, 5.41) is 3.43. The summed E-state index contributed by atoms with van der Waals surface area (Å²) >= 11 is 2.06. The normalized spacial score (nSPS) is 12.7. The average Bonchev–Trinajstić information content (AvgIpc) is 2.31. The first-order valence-corrected chi connectivity index (χ1v) is 7.66. The molecule has 1 atom stereocenters. The summed E-state index contributed by atoms with van der Waals surface area (Å²) in [4.78, 5) is 0. The highest BCUT2D eigenvalue weighted by Gasteiger charge is 2.11. The van der Waals surface area contributed by atoms with Crippen molar-refractivity contribution in [2.45, 2.75) is 39.7 Å². The lowest BCUT2D eigenvalue weighted by atomic mass is 10.0. The van der Waals surface area contributed by atoms with Crippen molar-refractivity contribution in [1.29, 1.82) is 0 Å². The first kappa shape index (κ1) is 14.6. The Balaban J connectivity index is 2.59. The van der Waals surface area contributed by atoms with Crippen LogP contribution in [0.4, 0.5) is 0 Å². The van der Waals surface area contributed by atoms with Crippen molar-refractivity contribution in [1.82, 2.24) is 5.32 Å². The Morgan fingerprint density at radius 1 is 1.29 bits per heavy atom. The van der Waals surface area contributed by atoms with Gasteiger partial charge in [0.05, 0.1) is 0 Å². The van der Waals surface area contributed by atoms with Gasteiger partial charge in [0.2, 0.25) is 0 Å². The number of thioether (sulfide) groups is 1. The Morgan fingerprint density at radius 3 is 2.65 bits per heavy atom. The van der Waals surface area contributed by atoms with Crippen LogP contribution >= 0.6 is 11.8 Å². The Labute approximate surface area is 110 Å². The lowest BCUT2D eigenvalue weighted by Gasteiger charge is -2.19. The second-order valence-electron chi connectivity index (χ2n) is 4.63. The highest BCUT2D eigenvalue weighted by atomic mass is 32.2. The van der Waals surface area contributed by atoms with Crippen molar-refractivity contribution in [2.24, 2.45) is 0 Å². The van der Waals surface area contributed by atoms with Gasteiger partial charge in [-0.3, -0.25) is 0 Å². The second-order valence-corrected chi connectivity index (χ2v) is 5.78. The highest BCUT2D eigenvalue weighted by Crippen LogP contribution is 2.22. The molecule has 0 bridgehead atoms. The minimum absolute atomic E-state index is 0.484. The van der Waals surface area contributed by atoms with Crippen LogP contribution in [0.25, 0.3) is 0 Å². The number of aryl methyl sites for hydroxylation is 2.